The summed E-state index contributed by atoms with van der Waals surface area (Å²) in [6.07, 6.45) is -7.48. The van der Waals surface area contributed by atoms with E-state index in [1.807, 2.05) is 48.5 Å². The first-order valence-electron chi connectivity index (χ1n) is 8.56. The molecule has 8 heteroatoms. The SMILES string of the molecule is CN(C(=O)OCC1c2ccccc2-c2ccccc21)C(CC(F)(F)F)C(=O)O. The zero-order valence-corrected chi connectivity index (χ0v) is 14.9. The molecule has 0 aliphatic heterocycles. The number of nitrogens with zero attached hydrogens (tertiary/aromatic N) is 1. The lowest BCUT2D eigenvalue weighted by atomic mass is 9.98. The van der Waals surface area contributed by atoms with Crippen molar-refractivity contribution >= 4 is 12.1 Å². The van der Waals surface area contributed by atoms with Gasteiger partial charge >= 0.3 is 18.2 Å². The van der Waals surface area contributed by atoms with E-state index in [4.69, 9.17) is 9.84 Å². The summed E-state index contributed by atoms with van der Waals surface area (Å²) >= 11 is 0. The number of carboxylic acid groups (broad SMARTS) is 1. The van der Waals surface area contributed by atoms with E-state index in [0.717, 1.165) is 29.3 Å². The van der Waals surface area contributed by atoms with Crippen molar-refractivity contribution in [3.05, 3.63) is 59.7 Å². The Morgan fingerprint density at radius 1 is 1.07 bits per heavy atom. The fourth-order valence-corrected chi connectivity index (χ4v) is 3.43. The van der Waals surface area contributed by atoms with Crippen LogP contribution in [0.3, 0.4) is 0 Å². The Morgan fingerprint density at radius 3 is 2.04 bits per heavy atom. The minimum Gasteiger partial charge on any atom is -0.480 e. The largest absolute Gasteiger partial charge is 0.480 e. The Balaban J connectivity index is 1.75. The normalized spacial score (nSPS) is 14.1. The second kappa shape index (κ2) is 7.53. The molecule has 1 atom stereocenters. The second-order valence-corrected chi connectivity index (χ2v) is 6.59. The lowest BCUT2D eigenvalue weighted by molar-refractivity contribution is -0.164. The van der Waals surface area contributed by atoms with Gasteiger partial charge in [0.05, 0.1) is 6.42 Å². The Bertz CT molecular complexity index is 852. The van der Waals surface area contributed by atoms with Crippen LogP contribution in [0.1, 0.15) is 23.5 Å². The molecule has 2 aromatic carbocycles. The van der Waals surface area contributed by atoms with Gasteiger partial charge in [0.25, 0.3) is 0 Å². The number of rotatable bonds is 5. The van der Waals surface area contributed by atoms with Crippen molar-refractivity contribution in [2.24, 2.45) is 0 Å². The molecule has 1 N–H and O–H groups in total. The topological polar surface area (TPSA) is 66.8 Å². The molecule has 1 unspecified atom stereocenters. The maximum absolute atomic E-state index is 12.6. The lowest BCUT2D eigenvalue weighted by Gasteiger charge is -2.25. The number of fused-ring (bicyclic) bond motifs is 3. The van der Waals surface area contributed by atoms with Crippen LogP contribution in [0.5, 0.6) is 0 Å². The predicted octanol–water partition coefficient (Wildman–Crippen LogP) is 4.27. The van der Waals surface area contributed by atoms with E-state index in [2.05, 4.69) is 0 Å². The Labute approximate surface area is 159 Å². The smallest absolute Gasteiger partial charge is 0.410 e. The molecule has 0 saturated heterocycles. The number of carboxylic acids is 1. The summed E-state index contributed by atoms with van der Waals surface area (Å²) in [6, 6.07) is 13.2. The summed E-state index contributed by atoms with van der Waals surface area (Å²) in [7, 11) is 0.989. The number of hydrogen-bond donors (Lipinski definition) is 1. The highest BCUT2D eigenvalue weighted by molar-refractivity contribution is 5.81. The van der Waals surface area contributed by atoms with Crippen molar-refractivity contribution in [1.29, 1.82) is 0 Å². The Morgan fingerprint density at radius 2 is 1.57 bits per heavy atom. The van der Waals surface area contributed by atoms with E-state index in [1.54, 1.807) is 0 Å². The number of hydrogen-bond acceptors (Lipinski definition) is 3. The Hall–Kier alpha value is -3.03. The van der Waals surface area contributed by atoms with Crippen LogP contribution in [0.25, 0.3) is 11.1 Å². The number of likely N-dealkylation sites (N-methyl/N-ethyl adjacent to an activating group) is 1. The molecule has 1 aliphatic rings. The third-order valence-electron chi connectivity index (χ3n) is 4.80. The first-order valence-corrected chi connectivity index (χ1v) is 8.56. The van der Waals surface area contributed by atoms with Crippen LogP contribution in [-0.4, -0.2) is 47.9 Å². The zero-order valence-electron chi connectivity index (χ0n) is 14.9. The van der Waals surface area contributed by atoms with Gasteiger partial charge in [0.15, 0.2) is 0 Å². The molecule has 1 amide bonds. The maximum atomic E-state index is 12.6. The number of aliphatic carboxylic acids is 1. The number of ether oxygens (including phenoxy) is 1. The number of alkyl halides is 3. The summed E-state index contributed by atoms with van der Waals surface area (Å²) < 4.78 is 43.0. The van der Waals surface area contributed by atoms with E-state index >= 15 is 0 Å². The van der Waals surface area contributed by atoms with Crippen LogP contribution < -0.4 is 0 Å². The summed E-state index contributed by atoms with van der Waals surface area (Å²) in [6.45, 7) is -0.102. The third-order valence-corrected chi connectivity index (χ3v) is 4.80. The molecule has 1 aliphatic carbocycles. The van der Waals surface area contributed by atoms with Crippen molar-refractivity contribution in [3.8, 4) is 11.1 Å². The van der Waals surface area contributed by atoms with Crippen molar-refractivity contribution in [3.63, 3.8) is 0 Å². The molecule has 28 heavy (non-hydrogen) atoms. The summed E-state index contributed by atoms with van der Waals surface area (Å²) in [5, 5.41) is 9.05. The number of carbonyl (C=O) groups excluding carboxylic acids is 1. The first-order chi connectivity index (χ1) is 13.2. The summed E-state index contributed by atoms with van der Waals surface area (Å²) in [4.78, 5) is 23.9. The average molecular weight is 393 g/mol. The van der Waals surface area contributed by atoms with Gasteiger partial charge in [-0.15, -0.1) is 0 Å². The molecule has 0 bridgehead atoms. The van der Waals surface area contributed by atoms with Gasteiger partial charge in [-0.2, -0.15) is 13.2 Å². The minimum atomic E-state index is -4.72. The third kappa shape index (κ3) is 3.95. The van der Waals surface area contributed by atoms with Gasteiger partial charge in [0.2, 0.25) is 0 Å². The van der Waals surface area contributed by atoms with Gasteiger partial charge < -0.3 is 9.84 Å². The molecule has 5 nitrogen and oxygen atoms in total. The molecule has 0 radical (unpaired) electrons. The highest BCUT2D eigenvalue weighted by Gasteiger charge is 2.40. The number of amides is 1. The highest BCUT2D eigenvalue weighted by Crippen LogP contribution is 2.44. The standard InChI is InChI=1S/C20H18F3NO4/c1-24(17(18(25)26)10-20(21,22)23)19(27)28-11-16-14-8-4-2-6-12(14)13-7-3-5-9-15(13)16/h2-9,16-17H,10-11H2,1H3,(H,25,26). The first kappa shape index (κ1) is 19.7. The lowest BCUT2D eigenvalue weighted by Crippen LogP contribution is -2.45. The van der Waals surface area contributed by atoms with Crippen molar-refractivity contribution < 1.29 is 32.6 Å². The second-order valence-electron chi connectivity index (χ2n) is 6.59. The van der Waals surface area contributed by atoms with Crippen LogP contribution in [0.15, 0.2) is 48.5 Å². The molecule has 0 fully saturated rings. The van der Waals surface area contributed by atoms with Crippen LogP contribution in [-0.2, 0) is 9.53 Å². The predicted molar refractivity (Wildman–Crippen MR) is 94.9 cm³/mol. The van der Waals surface area contributed by atoms with Crippen LogP contribution in [0.2, 0.25) is 0 Å². The molecule has 148 valence electrons. The molecule has 0 aromatic heterocycles. The number of benzene rings is 2. The van der Waals surface area contributed by atoms with Gasteiger partial charge in [-0.3, -0.25) is 4.90 Å². The van der Waals surface area contributed by atoms with E-state index in [1.165, 1.54) is 0 Å². The van der Waals surface area contributed by atoms with Crippen molar-refractivity contribution in [1.82, 2.24) is 4.90 Å². The molecule has 0 saturated carbocycles. The molecule has 0 heterocycles. The zero-order chi connectivity index (χ0) is 20.5. The van der Waals surface area contributed by atoms with Gasteiger partial charge in [0, 0.05) is 13.0 Å². The van der Waals surface area contributed by atoms with Crippen molar-refractivity contribution in [2.75, 3.05) is 13.7 Å². The highest BCUT2D eigenvalue weighted by atomic mass is 19.4. The van der Waals surface area contributed by atoms with Gasteiger partial charge in [-0.1, -0.05) is 48.5 Å². The fourth-order valence-electron chi connectivity index (χ4n) is 3.43. The Kier molecular flexibility index (Phi) is 5.31. The molecular formula is C20H18F3NO4. The average Bonchev–Trinajstić information content (AvgIpc) is 2.97. The van der Waals surface area contributed by atoms with Gasteiger partial charge in [0.1, 0.15) is 12.6 Å². The van der Waals surface area contributed by atoms with E-state index in [-0.39, 0.29) is 12.5 Å². The van der Waals surface area contributed by atoms with Crippen LogP contribution >= 0.6 is 0 Å². The molecular weight excluding hydrogens is 375 g/mol. The monoisotopic (exact) mass is 393 g/mol. The van der Waals surface area contributed by atoms with Crippen LogP contribution in [0, 0.1) is 0 Å². The number of carbonyl (C=O) groups is 2. The van der Waals surface area contributed by atoms with E-state index in [0.29, 0.717) is 4.90 Å². The van der Waals surface area contributed by atoms with Crippen LogP contribution in [0.4, 0.5) is 18.0 Å². The molecule has 0 spiro atoms. The van der Waals surface area contributed by atoms with Crippen molar-refractivity contribution in [2.45, 2.75) is 24.6 Å². The van der Waals surface area contributed by atoms with Gasteiger partial charge in [-0.05, 0) is 22.3 Å². The molecule has 3 rings (SSSR count). The van der Waals surface area contributed by atoms with E-state index < -0.39 is 30.7 Å². The van der Waals surface area contributed by atoms with Gasteiger partial charge in [-0.25, -0.2) is 9.59 Å². The minimum absolute atomic E-state index is 0.102. The summed E-state index contributed by atoms with van der Waals surface area (Å²) in [5.41, 5.74) is 3.91. The quantitative estimate of drug-likeness (QED) is 0.824. The van der Waals surface area contributed by atoms with E-state index in [9.17, 15) is 22.8 Å². The number of halogens is 3. The maximum Gasteiger partial charge on any atom is 0.410 e. The fraction of sp³-hybridized carbons (Fsp3) is 0.300. The molecule has 2 aromatic rings. The summed E-state index contributed by atoms with van der Waals surface area (Å²) in [5.74, 6) is -2.01.